The van der Waals surface area contributed by atoms with Gasteiger partial charge in [0.1, 0.15) is 18.2 Å². The molecule has 1 unspecified atom stereocenters. The summed E-state index contributed by atoms with van der Waals surface area (Å²) in [6.45, 7) is 0.494. The summed E-state index contributed by atoms with van der Waals surface area (Å²) in [4.78, 5) is 14.8. The zero-order valence-electron chi connectivity index (χ0n) is 3.55. The van der Waals surface area contributed by atoms with E-state index < -0.39 is 0 Å². The number of hydrogen-bond donors (Lipinski definition) is 0. The summed E-state index contributed by atoms with van der Waals surface area (Å²) in [5, 5.41) is 3.46. The third kappa shape index (κ3) is 0.221. The van der Waals surface area contributed by atoms with Gasteiger partial charge in [-0.2, -0.15) is 0 Å². The summed E-state index contributed by atoms with van der Waals surface area (Å²) < 4.78 is 0. The molecule has 0 bridgehead atoms. The van der Waals surface area contributed by atoms with Crippen LogP contribution >= 0.6 is 0 Å². The Morgan fingerprint density at radius 2 is 2.71 bits per heavy atom. The Balaban J connectivity index is 2.43. The molecule has 2 rings (SSSR count). The lowest BCUT2D eigenvalue weighted by Gasteiger charge is -1.82. The van der Waals surface area contributed by atoms with Crippen molar-refractivity contribution >= 4 is 11.5 Å². The van der Waals surface area contributed by atoms with Crippen molar-refractivity contribution in [2.45, 2.75) is 0 Å². The highest BCUT2D eigenvalue weighted by molar-refractivity contribution is 6.62. The number of Topliss-reactive ketones (excluding diaryl/α,β-unsaturated/α-hetero) is 1. The Kier molecular flexibility index (Phi) is 0.323. The summed E-state index contributed by atoms with van der Waals surface area (Å²) in [6.07, 6.45) is 0. The van der Waals surface area contributed by atoms with Crippen LogP contribution in [0.15, 0.2) is 5.16 Å². The molecule has 0 aromatic heterocycles. The molecule has 0 saturated heterocycles. The van der Waals surface area contributed by atoms with E-state index >= 15 is 0 Å². The van der Waals surface area contributed by atoms with E-state index in [0.29, 0.717) is 12.3 Å². The number of ketones is 1. The Labute approximate surface area is 39.9 Å². The van der Waals surface area contributed by atoms with Gasteiger partial charge in [-0.1, -0.05) is 5.16 Å². The second kappa shape index (κ2) is 0.710. The molecule has 0 aromatic rings. The predicted octanol–water partition coefficient (Wildman–Crippen LogP) is -0.429. The second-order valence-corrected chi connectivity index (χ2v) is 1.69. The Morgan fingerprint density at radius 3 is 3.00 bits per heavy atom. The van der Waals surface area contributed by atoms with E-state index in [-0.39, 0.29) is 11.7 Å². The molecule has 0 radical (unpaired) electrons. The average Bonchev–Trinajstić information content (AvgIpc) is 2.26. The van der Waals surface area contributed by atoms with Gasteiger partial charge in [0.2, 0.25) is 0 Å². The SMILES string of the molecule is O=C1C2=NOCC12. The molecule has 1 aliphatic heterocycles. The smallest absolute Gasteiger partial charge is 0.194 e. The van der Waals surface area contributed by atoms with Gasteiger partial charge in [0, 0.05) is 0 Å². The van der Waals surface area contributed by atoms with Crippen molar-refractivity contribution < 1.29 is 9.63 Å². The van der Waals surface area contributed by atoms with Crippen molar-refractivity contribution in [2.24, 2.45) is 11.1 Å². The second-order valence-electron chi connectivity index (χ2n) is 1.69. The number of carbonyl (C=O) groups excluding carboxylic acids is 1. The lowest BCUT2D eigenvalue weighted by Crippen LogP contribution is -1.87. The minimum atomic E-state index is 0.0694. The highest BCUT2D eigenvalue weighted by Crippen LogP contribution is 2.26. The topological polar surface area (TPSA) is 38.7 Å². The summed E-state index contributed by atoms with van der Waals surface area (Å²) >= 11 is 0. The molecule has 3 nitrogen and oxygen atoms in total. The van der Waals surface area contributed by atoms with Crippen LogP contribution in [0.4, 0.5) is 0 Å². The Bertz CT molecular complexity index is 161. The summed E-state index contributed by atoms with van der Waals surface area (Å²) in [5.74, 6) is 0.242. The maximum absolute atomic E-state index is 10.3. The van der Waals surface area contributed by atoms with Crippen molar-refractivity contribution in [1.29, 1.82) is 0 Å². The molecule has 0 amide bonds. The Hall–Kier alpha value is -0.860. The monoisotopic (exact) mass is 97.0 g/mol. The molecule has 1 fully saturated rings. The van der Waals surface area contributed by atoms with E-state index in [1.807, 2.05) is 0 Å². The minimum absolute atomic E-state index is 0.0694. The van der Waals surface area contributed by atoms with E-state index in [9.17, 15) is 4.79 Å². The van der Waals surface area contributed by atoms with Gasteiger partial charge >= 0.3 is 0 Å². The van der Waals surface area contributed by atoms with E-state index in [2.05, 4.69) is 9.99 Å². The van der Waals surface area contributed by atoms with Crippen molar-refractivity contribution in [3.8, 4) is 0 Å². The molecule has 2 aliphatic rings. The molecule has 0 spiro atoms. The lowest BCUT2D eigenvalue weighted by molar-refractivity contribution is -0.110. The van der Waals surface area contributed by atoms with Crippen LogP contribution < -0.4 is 0 Å². The van der Waals surface area contributed by atoms with Crippen LogP contribution in [0.2, 0.25) is 0 Å². The highest BCUT2D eigenvalue weighted by atomic mass is 16.6. The van der Waals surface area contributed by atoms with Gasteiger partial charge in [0.25, 0.3) is 0 Å². The van der Waals surface area contributed by atoms with Crippen molar-refractivity contribution in [3.05, 3.63) is 0 Å². The fraction of sp³-hybridized carbons (Fsp3) is 0.500. The van der Waals surface area contributed by atoms with Gasteiger partial charge in [-0.15, -0.1) is 0 Å². The van der Waals surface area contributed by atoms with Crippen molar-refractivity contribution in [2.75, 3.05) is 6.61 Å². The standard InChI is InChI=1S/C4H3NO2/c6-4-2-1-7-5-3(2)4/h2H,1H2. The number of oxime groups is 1. The predicted molar refractivity (Wildman–Crippen MR) is 21.9 cm³/mol. The fourth-order valence-corrected chi connectivity index (χ4v) is 0.679. The first-order valence-corrected chi connectivity index (χ1v) is 2.13. The highest BCUT2D eigenvalue weighted by Gasteiger charge is 2.50. The first kappa shape index (κ1) is 3.18. The molecule has 1 aliphatic carbocycles. The molecule has 0 N–H and O–H groups in total. The summed E-state index contributed by atoms with van der Waals surface area (Å²) in [5.41, 5.74) is 0.639. The normalized spacial score (nSPS) is 34.0. The molecule has 36 valence electrons. The van der Waals surface area contributed by atoms with E-state index in [4.69, 9.17) is 0 Å². The molecule has 7 heavy (non-hydrogen) atoms. The van der Waals surface area contributed by atoms with Crippen molar-refractivity contribution in [3.63, 3.8) is 0 Å². The Morgan fingerprint density at radius 1 is 1.86 bits per heavy atom. The molecule has 1 heterocycles. The quantitative estimate of drug-likeness (QED) is 0.411. The summed E-state index contributed by atoms with van der Waals surface area (Å²) in [6, 6.07) is 0. The number of fused-ring (bicyclic) bond motifs is 1. The fourth-order valence-electron chi connectivity index (χ4n) is 0.679. The largest absolute Gasteiger partial charge is 0.394 e. The van der Waals surface area contributed by atoms with Crippen LogP contribution in [0.1, 0.15) is 0 Å². The number of nitrogens with zero attached hydrogens (tertiary/aromatic N) is 1. The number of carbonyl (C=O) groups is 1. The van der Waals surface area contributed by atoms with Crippen LogP contribution in [0.5, 0.6) is 0 Å². The lowest BCUT2D eigenvalue weighted by atomic mass is 10.5. The van der Waals surface area contributed by atoms with Crippen LogP contribution in [0, 0.1) is 5.92 Å². The molecule has 1 saturated carbocycles. The van der Waals surface area contributed by atoms with Crippen LogP contribution in [0.25, 0.3) is 0 Å². The van der Waals surface area contributed by atoms with Gasteiger partial charge in [-0.25, -0.2) is 0 Å². The zero-order chi connectivity index (χ0) is 4.85. The number of hydrogen-bond acceptors (Lipinski definition) is 3. The third-order valence-electron chi connectivity index (χ3n) is 1.22. The van der Waals surface area contributed by atoms with Gasteiger partial charge in [0.05, 0.1) is 0 Å². The third-order valence-corrected chi connectivity index (χ3v) is 1.22. The average molecular weight is 97.1 g/mol. The zero-order valence-corrected chi connectivity index (χ0v) is 3.55. The van der Waals surface area contributed by atoms with Gasteiger partial charge < -0.3 is 4.84 Å². The van der Waals surface area contributed by atoms with Crippen LogP contribution in [0.3, 0.4) is 0 Å². The maximum Gasteiger partial charge on any atom is 0.194 e. The first-order valence-electron chi connectivity index (χ1n) is 2.13. The number of rotatable bonds is 0. The molecular formula is C4H3NO2. The molecule has 1 atom stereocenters. The van der Waals surface area contributed by atoms with Crippen LogP contribution in [-0.4, -0.2) is 18.1 Å². The van der Waals surface area contributed by atoms with Crippen molar-refractivity contribution in [1.82, 2.24) is 0 Å². The summed E-state index contributed by atoms with van der Waals surface area (Å²) in [7, 11) is 0. The van der Waals surface area contributed by atoms with Gasteiger partial charge in [0.15, 0.2) is 5.78 Å². The van der Waals surface area contributed by atoms with E-state index in [1.54, 1.807) is 0 Å². The van der Waals surface area contributed by atoms with Crippen LogP contribution in [-0.2, 0) is 9.63 Å². The molecular weight excluding hydrogens is 94.0 g/mol. The van der Waals surface area contributed by atoms with Gasteiger partial charge in [-0.3, -0.25) is 4.79 Å². The van der Waals surface area contributed by atoms with E-state index in [1.165, 1.54) is 0 Å². The minimum Gasteiger partial charge on any atom is -0.394 e. The van der Waals surface area contributed by atoms with Gasteiger partial charge in [-0.05, 0) is 0 Å². The molecule has 0 aromatic carbocycles. The van der Waals surface area contributed by atoms with E-state index in [0.717, 1.165) is 0 Å². The first-order chi connectivity index (χ1) is 3.39. The maximum atomic E-state index is 10.3. The molecule has 3 heteroatoms.